The molecule has 100 valence electrons. The second kappa shape index (κ2) is 7.19. The Balaban J connectivity index is 1.64. The van der Waals surface area contributed by atoms with Gasteiger partial charge in [0.1, 0.15) is 12.4 Å². The molecule has 1 aromatic carbocycles. The maximum Gasteiger partial charge on any atom is 0.139 e. The van der Waals surface area contributed by atoms with Crippen LogP contribution in [0.5, 0.6) is 5.75 Å². The zero-order valence-corrected chi connectivity index (χ0v) is 11.6. The molecular weight excluding hydrogens is 273 g/mol. The highest BCUT2D eigenvalue weighted by Crippen LogP contribution is 2.27. The van der Waals surface area contributed by atoms with E-state index in [0.29, 0.717) is 28.5 Å². The number of halogens is 2. The molecule has 1 aromatic rings. The summed E-state index contributed by atoms with van der Waals surface area (Å²) in [6, 6.07) is 5.20. The third kappa shape index (κ3) is 4.32. The Hall–Kier alpha value is -0.480. The van der Waals surface area contributed by atoms with Crippen LogP contribution in [0.4, 0.5) is 0 Å². The zero-order chi connectivity index (χ0) is 12.8. The molecule has 2 rings (SSSR count). The standard InChI is InChI=1S/C13H17Cl2NO2/c14-10-3-4-12(15)13(8-10)18-7-5-16-9-11-2-1-6-17-11/h3-4,8,11,16H,1-2,5-7,9H2. The number of benzene rings is 1. The lowest BCUT2D eigenvalue weighted by molar-refractivity contribution is 0.109. The fraction of sp³-hybridized carbons (Fsp3) is 0.538. The normalized spacial score (nSPS) is 19.1. The van der Waals surface area contributed by atoms with Gasteiger partial charge in [0.25, 0.3) is 0 Å². The second-order valence-corrected chi connectivity index (χ2v) is 5.11. The fourth-order valence-electron chi connectivity index (χ4n) is 1.89. The predicted molar refractivity (Wildman–Crippen MR) is 73.8 cm³/mol. The molecule has 1 N–H and O–H groups in total. The SMILES string of the molecule is Clc1ccc(Cl)c(OCCNCC2CCCO2)c1. The molecule has 1 aliphatic heterocycles. The second-order valence-electron chi connectivity index (χ2n) is 4.26. The topological polar surface area (TPSA) is 30.5 Å². The van der Waals surface area contributed by atoms with E-state index in [4.69, 9.17) is 32.7 Å². The van der Waals surface area contributed by atoms with Gasteiger partial charge in [0, 0.05) is 30.8 Å². The number of ether oxygens (including phenoxy) is 2. The van der Waals surface area contributed by atoms with E-state index in [0.717, 1.165) is 26.1 Å². The van der Waals surface area contributed by atoms with Gasteiger partial charge in [0.05, 0.1) is 11.1 Å². The van der Waals surface area contributed by atoms with Gasteiger partial charge < -0.3 is 14.8 Å². The van der Waals surface area contributed by atoms with Crippen LogP contribution in [-0.2, 0) is 4.74 Å². The fourth-order valence-corrected chi connectivity index (χ4v) is 2.22. The smallest absolute Gasteiger partial charge is 0.139 e. The van der Waals surface area contributed by atoms with Gasteiger partial charge in [-0.2, -0.15) is 0 Å². The van der Waals surface area contributed by atoms with Crippen LogP contribution >= 0.6 is 23.2 Å². The Morgan fingerprint density at radius 1 is 1.39 bits per heavy atom. The number of hydrogen-bond acceptors (Lipinski definition) is 3. The van der Waals surface area contributed by atoms with Crippen molar-refractivity contribution in [3.63, 3.8) is 0 Å². The molecule has 3 nitrogen and oxygen atoms in total. The van der Waals surface area contributed by atoms with Crippen molar-refractivity contribution in [3.05, 3.63) is 28.2 Å². The monoisotopic (exact) mass is 289 g/mol. The molecule has 1 atom stereocenters. The first-order valence-corrected chi connectivity index (χ1v) is 6.91. The van der Waals surface area contributed by atoms with Gasteiger partial charge in [0.15, 0.2) is 0 Å². The van der Waals surface area contributed by atoms with E-state index >= 15 is 0 Å². The third-order valence-corrected chi connectivity index (χ3v) is 3.37. The molecule has 0 saturated carbocycles. The molecule has 1 aliphatic rings. The van der Waals surface area contributed by atoms with E-state index in [1.807, 2.05) is 0 Å². The van der Waals surface area contributed by atoms with Gasteiger partial charge in [-0.15, -0.1) is 0 Å². The van der Waals surface area contributed by atoms with Crippen molar-refractivity contribution in [2.75, 3.05) is 26.3 Å². The molecule has 1 heterocycles. The van der Waals surface area contributed by atoms with Crippen LogP contribution in [0.2, 0.25) is 10.0 Å². The van der Waals surface area contributed by atoms with E-state index < -0.39 is 0 Å². The lowest BCUT2D eigenvalue weighted by atomic mass is 10.2. The average molecular weight is 290 g/mol. The summed E-state index contributed by atoms with van der Waals surface area (Å²) in [5.41, 5.74) is 0. The average Bonchev–Trinajstić information content (AvgIpc) is 2.86. The summed E-state index contributed by atoms with van der Waals surface area (Å²) in [4.78, 5) is 0. The van der Waals surface area contributed by atoms with Crippen LogP contribution in [0.15, 0.2) is 18.2 Å². The van der Waals surface area contributed by atoms with E-state index in [-0.39, 0.29) is 0 Å². The Labute approximate surface area is 117 Å². The van der Waals surface area contributed by atoms with E-state index in [2.05, 4.69) is 5.32 Å². The molecule has 0 bridgehead atoms. The Bertz CT molecular complexity index is 381. The highest BCUT2D eigenvalue weighted by molar-refractivity contribution is 6.34. The summed E-state index contributed by atoms with van der Waals surface area (Å²) in [5, 5.41) is 4.51. The maximum absolute atomic E-state index is 5.99. The zero-order valence-electron chi connectivity index (χ0n) is 10.1. The van der Waals surface area contributed by atoms with Gasteiger partial charge >= 0.3 is 0 Å². The van der Waals surface area contributed by atoms with Crippen LogP contribution < -0.4 is 10.1 Å². The van der Waals surface area contributed by atoms with E-state index in [9.17, 15) is 0 Å². The molecule has 0 spiro atoms. The largest absolute Gasteiger partial charge is 0.491 e. The quantitative estimate of drug-likeness (QED) is 0.816. The summed E-state index contributed by atoms with van der Waals surface area (Å²) in [7, 11) is 0. The van der Waals surface area contributed by atoms with Crippen molar-refractivity contribution in [2.45, 2.75) is 18.9 Å². The van der Waals surface area contributed by atoms with Crippen LogP contribution in [0.1, 0.15) is 12.8 Å². The molecule has 18 heavy (non-hydrogen) atoms. The minimum absolute atomic E-state index is 0.361. The summed E-state index contributed by atoms with van der Waals surface area (Å²) in [5.74, 6) is 0.628. The van der Waals surface area contributed by atoms with Crippen LogP contribution in [0.25, 0.3) is 0 Å². The first kappa shape index (κ1) is 13.9. The van der Waals surface area contributed by atoms with Crippen molar-refractivity contribution in [1.29, 1.82) is 0 Å². The molecular formula is C13H17Cl2NO2. The van der Waals surface area contributed by atoms with Crippen LogP contribution in [0.3, 0.4) is 0 Å². The van der Waals surface area contributed by atoms with Gasteiger partial charge in [0.2, 0.25) is 0 Å². The molecule has 0 aliphatic carbocycles. The lowest BCUT2D eigenvalue weighted by Gasteiger charge is -2.12. The minimum atomic E-state index is 0.361. The van der Waals surface area contributed by atoms with Crippen molar-refractivity contribution in [3.8, 4) is 5.75 Å². The minimum Gasteiger partial charge on any atom is -0.491 e. The van der Waals surface area contributed by atoms with Gasteiger partial charge in [-0.05, 0) is 25.0 Å². The molecule has 1 unspecified atom stereocenters. The Kier molecular flexibility index (Phi) is 5.57. The number of nitrogens with one attached hydrogen (secondary N) is 1. The number of hydrogen-bond donors (Lipinski definition) is 1. The molecule has 1 saturated heterocycles. The summed E-state index contributed by atoms with van der Waals surface area (Å²) < 4.78 is 11.1. The predicted octanol–water partition coefficient (Wildman–Crippen LogP) is 3.14. The Morgan fingerprint density at radius 2 is 2.28 bits per heavy atom. The van der Waals surface area contributed by atoms with Gasteiger partial charge in [-0.1, -0.05) is 23.2 Å². The van der Waals surface area contributed by atoms with Crippen molar-refractivity contribution >= 4 is 23.2 Å². The van der Waals surface area contributed by atoms with E-state index in [1.54, 1.807) is 18.2 Å². The molecule has 1 fully saturated rings. The summed E-state index contributed by atoms with van der Waals surface area (Å²) in [6.07, 6.45) is 2.68. The Morgan fingerprint density at radius 3 is 3.06 bits per heavy atom. The molecule has 5 heteroatoms. The maximum atomic E-state index is 5.99. The summed E-state index contributed by atoms with van der Waals surface area (Å²) >= 11 is 11.9. The molecule has 0 aromatic heterocycles. The van der Waals surface area contributed by atoms with Crippen molar-refractivity contribution < 1.29 is 9.47 Å². The van der Waals surface area contributed by atoms with Crippen LogP contribution in [-0.4, -0.2) is 32.4 Å². The third-order valence-electron chi connectivity index (χ3n) is 2.83. The first-order chi connectivity index (χ1) is 8.75. The lowest BCUT2D eigenvalue weighted by Crippen LogP contribution is -2.29. The van der Waals surface area contributed by atoms with Gasteiger partial charge in [-0.25, -0.2) is 0 Å². The van der Waals surface area contributed by atoms with E-state index in [1.165, 1.54) is 6.42 Å². The first-order valence-electron chi connectivity index (χ1n) is 6.16. The highest BCUT2D eigenvalue weighted by atomic mass is 35.5. The van der Waals surface area contributed by atoms with Crippen molar-refractivity contribution in [1.82, 2.24) is 5.32 Å². The van der Waals surface area contributed by atoms with Gasteiger partial charge in [-0.3, -0.25) is 0 Å². The summed E-state index contributed by atoms with van der Waals surface area (Å²) in [6.45, 7) is 3.10. The molecule has 0 radical (unpaired) electrons. The molecule has 0 amide bonds. The highest BCUT2D eigenvalue weighted by Gasteiger charge is 2.14. The number of rotatable bonds is 6. The van der Waals surface area contributed by atoms with Crippen LogP contribution in [0, 0.1) is 0 Å². The van der Waals surface area contributed by atoms with Crippen molar-refractivity contribution in [2.24, 2.45) is 0 Å².